The average Bonchev–Trinajstić information content (AvgIpc) is 2.37. The fraction of sp³-hybridized carbons (Fsp3) is 0.500. The molecule has 4 nitrogen and oxygen atoms in total. The first-order chi connectivity index (χ1) is 9.17. The Hall–Kier alpha value is -0.0900. The molecule has 0 N–H and O–H groups in total. The summed E-state index contributed by atoms with van der Waals surface area (Å²) in [6, 6.07) is 5.07. The van der Waals surface area contributed by atoms with E-state index in [1.54, 1.807) is 18.2 Å². The van der Waals surface area contributed by atoms with E-state index in [1.807, 2.05) is 13.8 Å². The normalized spacial score (nSPS) is 11.0. The molecule has 0 unspecified atom stereocenters. The van der Waals surface area contributed by atoms with Crippen LogP contribution in [-0.4, -0.2) is 26.4 Å². The smallest absolute Gasteiger partial charge is 0.332 e. The van der Waals surface area contributed by atoms with Gasteiger partial charge in [0.2, 0.25) is 0 Å². The van der Waals surface area contributed by atoms with Gasteiger partial charge in [0.15, 0.2) is 0 Å². The van der Waals surface area contributed by atoms with Crippen LogP contribution in [0.3, 0.4) is 0 Å². The Morgan fingerprint density at radius 1 is 1.00 bits per heavy atom. The van der Waals surface area contributed by atoms with Gasteiger partial charge in [0.25, 0.3) is 0 Å². The maximum absolute atomic E-state index is 5.97. The van der Waals surface area contributed by atoms with E-state index < -0.39 is 8.60 Å². The third-order valence-corrected chi connectivity index (χ3v) is 3.76. The molecule has 7 heteroatoms. The molecule has 0 heterocycles. The van der Waals surface area contributed by atoms with E-state index in [0.29, 0.717) is 42.2 Å². The maximum Gasteiger partial charge on any atom is 0.332 e. The average molecular weight is 327 g/mol. The zero-order valence-corrected chi connectivity index (χ0v) is 13.3. The van der Waals surface area contributed by atoms with Gasteiger partial charge in [0.05, 0.1) is 24.8 Å². The molecule has 1 rings (SSSR count). The van der Waals surface area contributed by atoms with Crippen LogP contribution in [-0.2, 0) is 13.6 Å². The highest BCUT2D eigenvalue weighted by atomic mass is 35.5. The van der Waals surface area contributed by atoms with Crippen molar-refractivity contribution in [2.45, 2.75) is 13.8 Å². The lowest BCUT2D eigenvalue weighted by molar-refractivity contribution is 0.147. The minimum Gasteiger partial charge on any atom is -0.490 e. The number of ether oxygens (including phenoxy) is 1. The summed E-state index contributed by atoms with van der Waals surface area (Å²) in [7, 11) is -1.29. The summed E-state index contributed by atoms with van der Waals surface area (Å²) < 4.78 is 21.5. The molecule has 0 spiro atoms. The molecule has 19 heavy (non-hydrogen) atoms. The lowest BCUT2D eigenvalue weighted by Crippen LogP contribution is -2.06. The monoisotopic (exact) mass is 326 g/mol. The lowest BCUT2D eigenvalue weighted by Gasteiger charge is -2.15. The zero-order valence-electron chi connectivity index (χ0n) is 10.9. The van der Waals surface area contributed by atoms with E-state index in [9.17, 15) is 0 Å². The van der Waals surface area contributed by atoms with Crippen molar-refractivity contribution in [3.8, 4) is 5.75 Å². The van der Waals surface area contributed by atoms with Crippen LogP contribution in [0.2, 0.25) is 10.0 Å². The first-order valence-electron chi connectivity index (χ1n) is 5.94. The molecular formula is C12H17Cl2O4P. The molecule has 0 aliphatic heterocycles. The van der Waals surface area contributed by atoms with Crippen molar-refractivity contribution in [2.75, 3.05) is 26.4 Å². The molecule has 0 fully saturated rings. The number of rotatable bonds is 9. The Balaban J connectivity index is 2.29. The van der Waals surface area contributed by atoms with Crippen molar-refractivity contribution in [1.29, 1.82) is 0 Å². The summed E-state index contributed by atoms with van der Waals surface area (Å²) in [4.78, 5) is 0. The van der Waals surface area contributed by atoms with Crippen LogP contribution in [0.5, 0.6) is 5.75 Å². The second kappa shape index (κ2) is 9.76. The summed E-state index contributed by atoms with van der Waals surface area (Å²) in [6.07, 6.45) is 0. The molecule has 1 aromatic rings. The third kappa shape index (κ3) is 6.75. The molecule has 0 saturated heterocycles. The van der Waals surface area contributed by atoms with Crippen LogP contribution >= 0.6 is 31.8 Å². The summed E-state index contributed by atoms with van der Waals surface area (Å²) in [5, 5.41) is 1.05. The van der Waals surface area contributed by atoms with Gasteiger partial charge in [-0.3, -0.25) is 0 Å². The highest BCUT2D eigenvalue weighted by Gasteiger charge is 2.10. The van der Waals surface area contributed by atoms with Gasteiger partial charge in [0.1, 0.15) is 12.4 Å². The quantitative estimate of drug-likeness (QED) is 0.487. The summed E-state index contributed by atoms with van der Waals surface area (Å²) in [5.74, 6) is 0.576. The first-order valence-corrected chi connectivity index (χ1v) is 7.79. The van der Waals surface area contributed by atoms with Crippen LogP contribution in [0.15, 0.2) is 18.2 Å². The van der Waals surface area contributed by atoms with Gasteiger partial charge in [-0.15, -0.1) is 0 Å². The van der Waals surface area contributed by atoms with Crippen LogP contribution in [0.25, 0.3) is 0 Å². The van der Waals surface area contributed by atoms with Crippen LogP contribution < -0.4 is 4.74 Å². The molecule has 1 aromatic carbocycles. The van der Waals surface area contributed by atoms with Crippen LogP contribution in [0, 0.1) is 0 Å². The second-order valence-electron chi connectivity index (χ2n) is 3.32. The highest BCUT2D eigenvalue weighted by molar-refractivity contribution is 7.41. The van der Waals surface area contributed by atoms with Gasteiger partial charge in [-0.1, -0.05) is 23.2 Å². The van der Waals surface area contributed by atoms with E-state index in [0.717, 1.165) is 0 Å². The molecule has 0 saturated carbocycles. The number of halogens is 2. The van der Waals surface area contributed by atoms with Gasteiger partial charge >= 0.3 is 8.60 Å². The second-order valence-corrected chi connectivity index (χ2v) is 5.38. The van der Waals surface area contributed by atoms with Gasteiger partial charge in [-0.25, -0.2) is 0 Å². The predicted molar refractivity (Wildman–Crippen MR) is 78.1 cm³/mol. The van der Waals surface area contributed by atoms with E-state index in [2.05, 4.69) is 0 Å². The van der Waals surface area contributed by atoms with E-state index in [1.165, 1.54) is 0 Å². The molecular weight excluding hydrogens is 310 g/mol. The molecule has 0 aliphatic carbocycles. The fourth-order valence-electron chi connectivity index (χ4n) is 1.18. The Labute approximate surface area is 124 Å². The Morgan fingerprint density at radius 3 is 2.26 bits per heavy atom. The fourth-order valence-corrected chi connectivity index (χ4v) is 2.51. The van der Waals surface area contributed by atoms with E-state index in [4.69, 9.17) is 41.5 Å². The van der Waals surface area contributed by atoms with Crippen LogP contribution in [0.4, 0.5) is 0 Å². The minimum absolute atomic E-state index is 0.361. The van der Waals surface area contributed by atoms with E-state index in [-0.39, 0.29) is 0 Å². The number of hydrogen-bond acceptors (Lipinski definition) is 4. The Bertz CT molecular complexity index is 373. The standard InChI is InChI=1S/C12H17Cl2O4P/c1-3-16-19(17-4-2)18-8-7-15-12-6-5-10(13)9-11(12)14/h5-6,9H,3-4,7-8H2,1-2H3. The molecule has 0 amide bonds. The summed E-state index contributed by atoms with van der Waals surface area (Å²) in [6.45, 7) is 5.61. The van der Waals surface area contributed by atoms with E-state index >= 15 is 0 Å². The van der Waals surface area contributed by atoms with Crippen molar-refractivity contribution in [1.82, 2.24) is 0 Å². The van der Waals surface area contributed by atoms with Gasteiger partial charge in [0, 0.05) is 5.02 Å². The van der Waals surface area contributed by atoms with Crippen molar-refractivity contribution in [3.63, 3.8) is 0 Å². The summed E-state index contributed by atoms with van der Waals surface area (Å²) >= 11 is 11.8. The Kier molecular flexibility index (Phi) is 8.71. The zero-order chi connectivity index (χ0) is 14.1. The molecule has 0 aromatic heterocycles. The maximum atomic E-state index is 5.97. The van der Waals surface area contributed by atoms with Crippen LogP contribution in [0.1, 0.15) is 13.8 Å². The molecule has 0 radical (unpaired) electrons. The molecule has 0 aliphatic rings. The van der Waals surface area contributed by atoms with Crippen molar-refractivity contribution >= 4 is 31.8 Å². The lowest BCUT2D eigenvalue weighted by atomic mass is 10.3. The SMILES string of the molecule is CCOP(OCC)OCCOc1ccc(Cl)cc1Cl. The molecule has 108 valence electrons. The van der Waals surface area contributed by atoms with Gasteiger partial charge in [-0.2, -0.15) is 0 Å². The van der Waals surface area contributed by atoms with Crippen molar-refractivity contribution in [3.05, 3.63) is 28.2 Å². The number of benzene rings is 1. The van der Waals surface area contributed by atoms with Crippen molar-refractivity contribution in [2.24, 2.45) is 0 Å². The van der Waals surface area contributed by atoms with Gasteiger partial charge < -0.3 is 18.3 Å². The minimum atomic E-state index is -1.29. The van der Waals surface area contributed by atoms with Gasteiger partial charge in [-0.05, 0) is 32.0 Å². The largest absolute Gasteiger partial charge is 0.490 e. The summed E-state index contributed by atoms with van der Waals surface area (Å²) in [5.41, 5.74) is 0. The topological polar surface area (TPSA) is 36.9 Å². The number of hydrogen-bond donors (Lipinski definition) is 0. The molecule has 0 atom stereocenters. The Morgan fingerprint density at radius 2 is 1.68 bits per heavy atom. The predicted octanol–water partition coefficient (Wildman–Crippen LogP) is 4.69. The molecule has 0 bridgehead atoms. The highest BCUT2D eigenvalue weighted by Crippen LogP contribution is 2.39. The first kappa shape index (κ1) is 17.0. The third-order valence-electron chi connectivity index (χ3n) is 1.90. The van der Waals surface area contributed by atoms with Crippen molar-refractivity contribution < 1.29 is 18.3 Å².